The molecule has 0 saturated carbocycles. The number of carboxylic acids is 1. The number of nitrogens with zero attached hydrogens (tertiary/aromatic N) is 1. The van der Waals surface area contributed by atoms with Crippen LogP contribution in [-0.2, 0) is 30.1 Å². The summed E-state index contributed by atoms with van der Waals surface area (Å²) in [5, 5.41) is 11.6. The highest BCUT2D eigenvalue weighted by Crippen LogP contribution is 2.40. The Morgan fingerprint density at radius 3 is 1.94 bits per heavy atom. The molecule has 50 heavy (non-hydrogen) atoms. The molecule has 3 aromatic carbocycles. The van der Waals surface area contributed by atoms with E-state index in [0.717, 1.165) is 38.5 Å². The average molecular weight is 717 g/mol. The molecule has 0 aliphatic heterocycles. The fourth-order valence-electron chi connectivity index (χ4n) is 6.52. The van der Waals surface area contributed by atoms with Gasteiger partial charge in [-0.3, -0.25) is 9.78 Å². The van der Waals surface area contributed by atoms with Crippen molar-refractivity contribution in [3.63, 3.8) is 0 Å². The van der Waals surface area contributed by atoms with E-state index in [1.807, 2.05) is 60.7 Å². The van der Waals surface area contributed by atoms with Gasteiger partial charge in [0.15, 0.2) is 0 Å². The highest BCUT2D eigenvalue weighted by atomic mass is 31.1. The van der Waals surface area contributed by atoms with Gasteiger partial charge in [-0.15, -0.1) is 4.52 Å². The molecule has 0 aliphatic carbocycles. The SMILES string of the molecule is CC(C)c1nc(C(C)(C)C)cc(-c2ccc(F)cc2)c1CCCO[P+](=O)CC(CC(=O)O)O[Si](c1ccccc1)(c1ccccc1)C(C)(C)C. The zero-order valence-corrected chi connectivity index (χ0v) is 32.6. The van der Waals surface area contributed by atoms with Crippen molar-refractivity contribution in [2.75, 3.05) is 12.8 Å². The molecule has 9 heteroatoms. The Morgan fingerprint density at radius 2 is 1.46 bits per heavy atom. The van der Waals surface area contributed by atoms with Crippen LogP contribution in [0.2, 0.25) is 5.04 Å². The lowest BCUT2D eigenvalue weighted by Crippen LogP contribution is -2.68. The van der Waals surface area contributed by atoms with Crippen LogP contribution < -0.4 is 10.4 Å². The maximum atomic E-state index is 13.9. The topological polar surface area (TPSA) is 85.7 Å². The molecule has 1 N–H and O–H groups in total. The first-order chi connectivity index (χ1) is 23.5. The third-order valence-corrected chi connectivity index (χ3v) is 15.2. The highest BCUT2D eigenvalue weighted by Gasteiger charge is 2.52. The summed E-state index contributed by atoms with van der Waals surface area (Å²) < 4.78 is 40.4. The van der Waals surface area contributed by atoms with E-state index in [4.69, 9.17) is 13.9 Å². The molecule has 2 atom stereocenters. The van der Waals surface area contributed by atoms with Crippen LogP contribution in [0, 0.1) is 5.82 Å². The van der Waals surface area contributed by atoms with Crippen LogP contribution in [0.5, 0.6) is 0 Å². The predicted molar refractivity (Wildman–Crippen MR) is 204 cm³/mol. The van der Waals surface area contributed by atoms with Crippen LogP contribution in [-0.4, -0.2) is 43.2 Å². The summed E-state index contributed by atoms with van der Waals surface area (Å²) in [5.41, 5.74) is 4.77. The van der Waals surface area contributed by atoms with Crippen molar-refractivity contribution in [1.82, 2.24) is 4.98 Å². The van der Waals surface area contributed by atoms with Gasteiger partial charge in [-0.2, -0.15) is 0 Å². The highest BCUT2D eigenvalue weighted by molar-refractivity contribution is 7.39. The third kappa shape index (κ3) is 9.61. The summed E-state index contributed by atoms with van der Waals surface area (Å²) in [5.74, 6) is -1.15. The van der Waals surface area contributed by atoms with E-state index in [0.29, 0.717) is 12.8 Å². The minimum Gasteiger partial charge on any atom is -0.481 e. The molecule has 0 fully saturated rings. The first-order valence-corrected chi connectivity index (χ1v) is 20.7. The largest absolute Gasteiger partial charge is 0.510 e. The molecule has 1 heterocycles. The van der Waals surface area contributed by atoms with Crippen LogP contribution in [0.25, 0.3) is 11.1 Å². The summed E-state index contributed by atoms with van der Waals surface area (Å²) in [4.78, 5) is 17.2. The first-order valence-electron chi connectivity index (χ1n) is 17.4. The lowest BCUT2D eigenvalue weighted by molar-refractivity contribution is -0.138. The van der Waals surface area contributed by atoms with Gasteiger partial charge in [0.1, 0.15) is 18.5 Å². The van der Waals surface area contributed by atoms with Gasteiger partial charge < -0.3 is 9.53 Å². The van der Waals surface area contributed by atoms with Crippen LogP contribution in [0.4, 0.5) is 4.39 Å². The number of benzene rings is 3. The Bertz CT molecular complexity index is 1700. The van der Waals surface area contributed by atoms with E-state index >= 15 is 0 Å². The van der Waals surface area contributed by atoms with Gasteiger partial charge in [0.2, 0.25) is 6.16 Å². The van der Waals surface area contributed by atoms with Crippen molar-refractivity contribution in [3.8, 4) is 11.1 Å². The maximum absolute atomic E-state index is 13.9. The maximum Gasteiger partial charge on any atom is 0.510 e. The van der Waals surface area contributed by atoms with E-state index in [1.54, 1.807) is 12.1 Å². The summed E-state index contributed by atoms with van der Waals surface area (Å²) in [7, 11) is -5.31. The predicted octanol–water partition coefficient (Wildman–Crippen LogP) is 9.42. The monoisotopic (exact) mass is 716 g/mol. The minimum absolute atomic E-state index is 0.0357. The number of hydrogen-bond acceptors (Lipinski definition) is 5. The number of aliphatic carboxylic acids is 1. The van der Waals surface area contributed by atoms with E-state index in [1.165, 1.54) is 12.1 Å². The average Bonchev–Trinajstić information content (AvgIpc) is 3.05. The lowest BCUT2D eigenvalue weighted by atomic mass is 9.85. The zero-order chi connectivity index (χ0) is 36.7. The third-order valence-electron chi connectivity index (χ3n) is 8.95. The van der Waals surface area contributed by atoms with Gasteiger partial charge in [-0.05, 0) is 73.6 Å². The second kappa shape index (κ2) is 16.6. The minimum atomic E-state index is -3.08. The Labute approximate surface area is 299 Å². The van der Waals surface area contributed by atoms with Gasteiger partial charge in [0, 0.05) is 16.8 Å². The molecular weight excluding hydrogens is 665 g/mol. The summed E-state index contributed by atoms with van der Waals surface area (Å²) in [6.45, 7) is 17.2. The molecule has 0 saturated heterocycles. The van der Waals surface area contributed by atoms with E-state index < -0.39 is 28.4 Å². The molecule has 266 valence electrons. The normalized spacial score (nSPS) is 13.4. The Morgan fingerprint density at radius 1 is 0.900 bits per heavy atom. The molecular formula is C41H52FNO5PSi+. The molecule has 0 spiro atoms. The van der Waals surface area contributed by atoms with Crippen LogP contribution in [0.1, 0.15) is 91.1 Å². The lowest BCUT2D eigenvalue weighted by Gasteiger charge is -2.44. The van der Waals surface area contributed by atoms with E-state index in [9.17, 15) is 18.9 Å². The number of carboxylic acid groups (broad SMARTS) is 1. The molecule has 6 nitrogen and oxygen atoms in total. The molecule has 4 rings (SSSR count). The van der Waals surface area contributed by atoms with Crippen molar-refractivity contribution in [3.05, 3.63) is 114 Å². The fourth-order valence-corrected chi connectivity index (χ4v) is 12.3. The molecule has 2 unspecified atom stereocenters. The van der Waals surface area contributed by atoms with Crippen molar-refractivity contribution in [1.29, 1.82) is 0 Å². The van der Waals surface area contributed by atoms with Gasteiger partial charge in [0.05, 0.1) is 6.42 Å². The second-order valence-corrected chi connectivity index (χ2v) is 20.8. The van der Waals surface area contributed by atoms with Crippen molar-refractivity contribution < 1.29 is 27.8 Å². The van der Waals surface area contributed by atoms with E-state index in [-0.39, 0.29) is 41.4 Å². The fraction of sp³-hybridized carbons (Fsp3) is 0.415. The van der Waals surface area contributed by atoms with Crippen LogP contribution in [0.15, 0.2) is 91.0 Å². The summed E-state index contributed by atoms with van der Waals surface area (Å²) in [6.07, 6.45) is 0.0444. The van der Waals surface area contributed by atoms with Crippen molar-refractivity contribution in [2.45, 2.75) is 97.1 Å². The number of aromatic nitrogens is 1. The summed E-state index contributed by atoms with van der Waals surface area (Å²) >= 11 is 0. The zero-order valence-electron chi connectivity index (χ0n) is 30.7. The number of halogens is 1. The Hall–Kier alpha value is -3.55. The van der Waals surface area contributed by atoms with E-state index in [2.05, 4.69) is 61.5 Å². The Kier molecular flexibility index (Phi) is 13.1. The molecule has 0 aliphatic rings. The quantitative estimate of drug-likeness (QED) is 0.0750. The molecule has 0 bridgehead atoms. The van der Waals surface area contributed by atoms with Gasteiger partial charge in [0.25, 0.3) is 8.32 Å². The van der Waals surface area contributed by atoms with Crippen LogP contribution in [0.3, 0.4) is 0 Å². The van der Waals surface area contributed by atoms with Gasteiger partial charge in [-0.25, -0.2) is 4.39 Å². The van der Waals surface area contributed by atoms with Crippen molar-refractivity contribution in [2.24, 2.45) is 0 Å². The van der Waals surface area contributed by atoms with Gasteiger partial charge in [-0.1, -0.05) is 128 Å². The standard InChI is InChI=1S/C41H51FNO5PSi/c1-29(2)39-35(36(27-37(43-39)40(3,4)5)30-21-23-31(42)24-22-30)20-15-25-47-49(46)28-32(26-38(44)45)48-50(41(6,7)8,33-16-11-9-12-17-33)34-18-13-10-14-19-34/h9-14,16-19,21-24,27,29,32H,15,20,25-26,28H2,1-8H3/p+1. The van der Waals surface area contributed by atoms with Gasteiger partial charge >= 0.3 is 14.0 Å². The van der Waals surface area contributed by atoms with Crippen LogP contribution >= 0.6 is 8.03 Å². The van der Waals surface area contributed by atoms with Crippen molar-refractivity contribution >= 4 is 32.7 Å². The molecule has 1 aromatic heterocycles. The number of carbonyl (C=O) groups is 1. The number of pyridine rings is 1. The molecule has 0 amide bonds. The first kappa shape index (κ1) is 39.2. The second-order valence-electron chi connectivity index (χ2n) is 15.3. The summed E-state index contributed by atoms with van der Waals surface area (Å²) in [6, 6.07) is 28.7. The Balaban J connectivity index is 1.56. The molecule has 0 radical (unpaired) electrons. The number of rotatable bonds is 15. The smallest absolute Gasteiger partial charge is 0.481 e. The molecule has 4 aromatic rings. The number of hydrogen-bond donors (Lipinski definition) is 1.